The monoisotopic (exact) mass is 339 g/mol. The Balaban J connectivity index is 1.79. The second-order valence-corrected chi connectivity index (χ2v) is 6.42. The molecule has 0 saturated heterocycles. The fourth-order valence-corrected chi connectivity index (χ4v) is 3.18. The number of nitrogens with zero attached hydrogens (tertiary/aromatic N) is 2. The van der Waals surface area contributed by atoms with Gasteiger partial charge in [0.1, 0.15) is 5.82 Å². The maximum absolute atomic E-state index is 11.9. The zero-order valence-corrected chi connectivity index (χ0v) is 15.4. The highest BCUT2D eigenvalue weighted by atomic mass is 16.1. The van der Waals surface area contributed by atoms with Gasteiger partial charge in [-0.1, -0.05) is 38.3 Å². The van der Waals surface area contributed by atoms with Crippen molar-refractivity contribution in [3.63, 3.8) is 0 Å². The van der Waals surface area contributed by atoms with Crippen LogP contribution in [0.5, 0.6) is 0 Å². The third kappa shape index (κ3) is 5.09. The summed E-state index contributed by atoms with van der Waals surface area (Å²) in [6.07, 6.45) is 11.4. The van der Waals surface area contributed by atoms with Crippen molar-refractivity contribution in [1.82, 2.24) is 14.9 Å². The molecule has 134 valence electrons. The first kappa shape index (κ1) is 19.1. The number of carbonyl (C=O) groups excluding carboxylic acids is 1. The molecule has 0 spiro atoms. The molecule has 4 heteroatoms. The van der Waals surface area contributed by atoms with E-state index < -0.39 is 0 Å². The van der Waals surface area contributed by atoms with E-state index in [0.29, 0.717) is 6.54 Å². The van der Waals surface area contributed by atoms with E-state index in [-0.39, 0.29) is 11.8 Å². The quantitative estimate of drug-likeness (QED) is 0.526. The highest BCUT2D eigenvalue weighted by Crippen LogP contribution is 2.17. The lowest BCUT2D eigenvalue weighted by molar-refractivity contribution is -0.125. The van der Waals surface area contributed by atoms with E-state index in [1.165, 1.54) is 0 Å². The van der Waals surface area contributed by atoms with E-state index in [1.807, 2.05) is 18.2 Å². The van der Waals surface area contributed by atoms with E-state index >= 15 is 0 Å². The lowest BCUT2D eigenvalue weighted by Gasteiger charge is -2.12. The molecular formula is C21H29N3O. The smallest absolute Gasteiger partial charge is 0.223 e. The number of aromatic nitrogens is 2. The lowest BCUT2D eigenvalue weighted by atomic mass is 10.0. The van der Waals surface area contributed by atoms with Gasteiger partial charge in [-0.25, -0.2) is 4.98 Å². The summed E-state index contributed by atoms with van der Waals surface area (Å²) in [5, 5.41) is 3.05. The van der Waals surface area contributed by atoms with Crippen LogP contribution < -0.4 is 5.32 Å². The van der Waals surface area contributed by atoms with Crippen LogP contribution in [0, 0.1) is 18.3 Å². The Morgan fingerprint density at radius 2 is 2.00 bits per heavy atom. The number of hydrogen-bond acceptors (Lipinski definition) is 2. The number of hydrogen-bond donors (Lipinski definition) is 1. The average Bonchev–Trinajstić information content (AvgIpc) is 2.97. The van der Waals surface area contributed by atoms with Gasteiger partial charge >= 0.3 is 0 Å². The maximum atomic E-state index is 11.9. The number of aryl methyl sites for hydroxylation is 1. The molecule has 0 atom stereocenters. The summed E-state index contributed by atoms with van der Waals surface area (Å²) in [5.41, 5.74) is 2.11. The number of rotatable bonds is 10. The van der Waals surface area contributed by atoms with Crippen LogP contribution in [0.4, 0.5) is 0 Å². The molecule has 1 heterocycles. The van der Waals surface area contributed by atoms with E-state index in [4.69, 9.17) is 11.4 Å². The van der Waals surface area contributed by atoms with Crippen molar-refractivity contribution < 1.29 is 4.79 Å². The van der Waals surface area contributed by atoms with Gasteiger partial charge < -0.3 is 9.88 Å². The fourth-order valence-electron chi connectivity index (χ4n) is 3.18. The summed E-state index contributed by atoms with van der Waals surface area (Å²) in [5.74, 6) is 4.13. The number of terminal acetylenes is 1. The van der Waals surface area contributed by atoms with Gasteiger partial charge in [0, 0.05) is 18.9 Å². The van der Waals surface area contributed by atoms with Crippen molar-refractivity contribution in [2.24, 2.45) is 5.92 Å². The molecule has 1 aromatic heterocycles. The van der Waals surface area contributed by atoms with Crippen LogP contribution in [0.15, 0.2) is 24.3 Å². The Labute approximate surface area is 151 Å². The van der Waals surface area contributed by atoms with E-state index in [9.17, 15) is 4.79 Å². The zero-order chi connectivity index (χ0) is 18.1. The number of imidazole rings is 1. The van der Waals surface area contributed by atoms with Gasteiger partial charge in [0.25, 0.3) is 0 Å². The summed E-state index contributed by atoms with van der Waals surface area (Å²) in [4.78, 5) is 16.7. The summed E-state index contributed by atoms with van der Waals surface area (Å²) in [6.45, 7) is 5.45. The second kappa shape index (κ2) is 9.88. The minimum Gasteiger partial charge on any atom is -0.356 e. The largest absolute Gasteiger partial charge is 0.356 e. The minimum absolute atomic E-state index is 0.156. The van der Waals surface area contributed by atoms with Crippen molar-refractivity contribution >= 4 is 16.9 Å². The number of unbranched alkanes of at least 4 members (excludes halogenated alkanes) is 2. The predicted molar refractivity (Wildman–Crippen MR) is 103 cm³/mol. The fraction of sp³-hybridized carbons (Fsp3) is 0.524. The molecule has 0 fully saturated rings. The number of para-hydroxylation sites is 2. The predicted octanol–water partition coefficient (Wildman–Crippen LogP) is 3.93. The van der Waals surface area contributed by atoms with Crippen LogP contribution in [-0.4, -0.2) is 22.0 Å². The molecule has 1 aromatic carbocycles. The summed E-state index contributed by atoms with van der Waals surface area (Å²) in [6, 6.07) is 8.11. The van der Waals surface area contributed by atoms with Crippen LogP contribution in [0.1, 0.15) is 51.8 Å². The molecule has 4 nitrogen and oxygen atoms in total. The number of fused-ring (bicyclic) bond motifs is 1. The van der Waals surface area contributed by atoms with E-state index in [2.05, 4.69) is 35.7 Å². The third-order valence-electron chi connectivity index (χ3n) is 4.72. The van der Waals surface area contributed by atoms with Gasteiger partial charge in [0.2, 0.25) is 5.91 Å². The van der Waals surface area contributed by atoms with Crippen molar-refractivity contribution in [2.75, 3.05) is 6.54 Å². The van der Waals surface area contributed by atoms with E-state index in [0.717, 1.165) is 61.9 Å². The third-order valence-corrected chi connectivity index (χ3v) is 4.72. The van der Waals surface area contributed by atoms with Crippen LogP contribution in [-0.2, 0) is 17.8 Å². The highest BCUT2D eigenvalue weighted by molar-refractivity contribution is 5.78. The Kier molecular flexibility index (Phi) is 7.53. The van der Waals surface area contributed by atoms with Crippen molar-refractivity contribution in [3.05, 3.63) is 30.1 Å². The Morgan fingerprint density at radius 1 is 1.24 bits per heavy atom. The van der Waals surface area contributed by atoms with Gasteiger partial charge in [-0.2, -0.15) is 0 Å². The van der Waals surface area contributed by atoms with Gasteiger partial charge in [-0.15, -0.1) is 6.42 Å². The molecule has 0 aliphatic carbocycles. The summed E-state index contributed by atoms with van der Waals surface area (Å²) < 4.78 is 2.13. The first-order valence-electron chi connectivity index (χ1n) is 9.36. The molecule has 2 rings (SSSR count). The molecule has 25 heavy (non-hydrogen) atoms. The molecule has 0 unspecified atom stereocenters. The Morgan fingerprint density at radius 3 is 2.72 bits per heavy atom. The molecular weight excluding hydrogens is 310 g/mol. The molecule has 2 aromatic rings. The van der Waals surface area contributed by atoms with Crippen molar-refractivity contribution in [3.8, 4) is 12.3 Å². The van der Waals surface area contributed by atoms with Crippen molar-refractivity contribution in [1.29, 1.82) is 0 Å². The molecule has 0 radical (unpaired) electrons. The minimum atomic E-state index is 0.156. The number of carbonyl (C=O) groups is 1. The second-order valence-electron chi connectivity index (χ2n) is 6.42. The molecule has 0 aliphatic heterocycles. The van der Waals surface area contributed by atoms with Crippen LogP contribution in [0.2, 0.25) is 0 Å². The molecule has 1 amide bonds. The number of amides is 1. The maximum Gasteiger partial charge on any atom is 0.223 e. The normalized spacial score (nSPS) is 11.0. The lowest BCUT2D eigenvalue weighted by Crippen LogP contribution is -2.30. The van der Waals surface area contributed by atoms with Gasteiger partial charge in [0.15, 0.2) is 0 Å². The van der Waals surface area contributed by atoms with Gasteiger partial charge in [-0.3, -0.25) is 4.79 Å². The SMILES string of the molecule is C#CCn1c(CCCCCNC(=O)C(CC)CC)nc2ccccc21. The topological polar surface area (TPSA) is 46.9 Å². The van der Waals surface area contributed by atoms with Gasteiger partial charge in [-0.05, 0) is 37.8 Å². The average molecular weight is 339 g/mol. The van der Waals surface area contributed by atoms with Crippen LogP contribution in [0.25, 0.3) is 11.0 Å². The summed E-state index contributed by atoms with van der Waals surface area (Å²) in [7, 11) is 0. The Hall–Kier alpha value is -2.28. The van der Waals surface area contributed by atoms with E-state index in [1.54, 1.807) is 0 Å². The standard InChI is InChI=1S/C21H29N3O/c1-4-16-24-19-13-10-9-12-18(19)23-20(24)14-8-7-11-15-22-21(25)17(5-2)6-3/h1,9-10,12-13,17H,5-8,11,14-16H2,2-3H3,(H,22,25). The number of benzene rings is 1. The first-order valence-corrected chi connectivity index (χ1v) is 9.36. The molecule has 0 saturated carbocycles. The highest BCUT2D eigenvalue weighted by Gasteiger charge is 2.13. The Bertz CT molecular complexity index is 722. The van der Waals surface area contributed by atoms with Crippen LogP contribution >= 0.6 is 0 Å². The zero-order valence-electron chi connectivity index (χ0n) is 15.4. The number of nitrogens with one attached hydrogen (secondary N) is 1. The summed E-state index contributed by atoms with van der Waals surface area (Å²) >= 11 is 0. The molecule has 1 N–H and O–H groups in total. The van der Waals surface area contributed by atoms with Crippen molar-refractivity contribution in [2.45, 2.75) is 58.9 Å². The molecule has 0 bridgehead atoms. The van der Waals surface area contributed by atoms with Crippen LogP contribution in [0.3, 0.4) is 0 Å². The molecule has 0 aliphatic rings. The van der Waals surface area contributed by atoms with Gasteiger partial charge in [0.05, 0.1) is 17.6 Å². The first-order chi connectivity index (χ1) is 12.2.